The van der Waals surface area contributed by atoms with Crippen LogP contribution in [0.1, 0.15) is 22.5 Å². The molecular formula is C25H24FN3OS. The maximum Gasteiger partial charge on any atom is 0.165 e. The van der Waals surface area contributed by atoms with Gasteiger partial charge in [0.05, 0.1) is 11.2 Å². The fourth-order valence-electron chi connectivity index (χ4n) is 4.31. The molecule has 0 spiro atoms. The molecule has 1 aliphatic rings. The smallest absolute Gasteiger partial charge is 0.165 e. The van der Waals surface area contributed by atoms with Crippen LogP contribution in [0, 0.1) is 12.7 Å². The third kappa shape index (κ3) is 4.05. The molecule has 0 atom stereocenters. The number of pyridine rings is 1. The third-order valence-corrected chi connectivity index (χ3v) is 7.01. The number of piperazine rings is 1. The maximum absolute atomic E-state index is 13.6. The molecule has 0 N–H and O–H groups in total. The van der Waals surface area contributed by atoms with Crippen LogP contribution >= 0.6 is 11.3 Å². The van der Waals surface area contributed by atoms with Crippen LogP contribution in [0.15, 0.2) is 53.9 Å². The summed E-state index contributed by atoms with van der Waals surface area (Å²) in [5.74, 6) is -0.206. The molecule has 0 radical (unpaired) electrons. The van der Waals surface area contributed by atoms with Crippen LogP contribution in [0.3, 0.4) is 0 Å². The SMILES string of the molecule is Cc1ccc2cccc(N3CCN(CCC(=O)c4csc5ccc(F)cc45)CC3)c2n1. The number of benzene rings is 2. The monoisotopic (exact) mass is 433 g/mol. The molecule has 4 nitrogen and oxygen atoms in total. The van der Waals surface area contributed by atoms with Crippen molar-refractivity contribution in [1.29, 1.82) is 0 Å². The molecule has 1 saturated heterocycles. The highest BCUT2D eigenvalue weighted by atomic mass is 32.1. The fraction of sp³-hybridized carbons (Fsp3) is 0.280. The van der Waals surface area contributed by atoms with Crippen molar-refractivity contribution in [2.45, 2.75) is 13.3 Å². The van der Waals surface area contributed by atoms with E-state index in [2.05, 4.69) is 34.1 Å². The van der Waals surface area contributed by atoms with Gasteiger partial charge < -0.3 is 4.90 Å². The second kappa shape index (κ2) is 8.36. The molecule has 2 aromatic carbocycles. The number of carbonyl (C=O) groups is 1. The highest BCUT2D eigenvalue weighted by Gasteiger charge is 2.21. The van der Waals surface area contributed by atoms with E-state index in [0.29, 0.717) is 12.0 Å². The van der Waals surface area contributed by atoms with Gasteiger partial charge in [0, 0.05) is 71.3 Å². The number of hydrogen-bond donors (Lipinski definition) is 0. The zero-order valence-electron chi connectivity index (χ0n) is 17.5. The molecule has 158 valence electrons. The fourth-order valence-corrected chi connectivity index (χ4v) is 5.25. The first-order valence-corrected chi connectivity index (χ1v) is 11.5. The zero-order valence-corrected chi connectivity index (χ0v) is 18.3. The third-order valence-electron chi connectivity index (χ3n) is 6.04. The van der Waals surface area contributed by atoms with E-state index in [4.69, 9.17) is 4.98 Å². The lowest BCUT2D eigenvalue weighted by Gasteiger charge is -2.36. The number of aryl methyl sites for hydroxylation is 1. The lowest BCUT2D eigenvalue weighted by molar-refractivity contribution is 0.0964. The van der Waals surface area contributed by atoms with Gasteiger partial charge in [-0.05, 0) is 37.3 Å². The summed E-state index contributed by atoms with van der Waals surface area (Å²) in [4.78, 5) is 22.3. The highest BCUT2D eigenvalue weighted by Crippen LogP contribution is 2.28. The van der Waals surface area contributed by atoms with E-state index in [0.717, 1.165) is 59.4 Å². The Labute approximate surface area is 184 Å². The summed E-state index contributed by atoms with van der Waals surface area (Å²) in [5, 5.41) is 3.76. The van der Waals surface area contributed by atoms with E-state index in [-0.39, 0.29) is 11.6 Å². The number of hydrogen-bond acceptors (Lipinski definition) is 5. The maximum atomic E-state index is 13.6. The summed E-state index contributed by atoms with van der Waals surface area (Å²) in [6.45, 7) is 6.40. The van der Waals surface area contributed by atoms with Crippen LogP contribution in [0.5, 0.6) is 0 Å². The summed E-state index contributed by atoms with van der Waals surface area (Å²) >= 11 is 1.50. The molecule has 0 aliphatic carbocycles. The number of aromatic nitrogens is 1. The Morgan fingerprint density at radius 3 is 2.77 bits per heavy atom. The summed E-state index contributed by atoms with van der Waals surface area (Å²) < 4.78 is 14.6. The Morgan fingerprint density at radius 1 is 1.10 bits per heavy atom. The van der Waals surface area contributed by atoms with Crippen molar-refractivity contribution >= 4 is 43.8 Å². The van der Waals surface area contributed by atoms with Crippen LogP contribution < -0.4 is 4.90 Å². The van der Waals surface area contributed by atoms with Gasteiger partial charge in [0.1, 0.15) is 5.82 Å². The van der Waals surface area contributed by atoms with Crippen molar-refractivity contribution in [3.05, 3.63) is 71.0 Å². The van der Waals surface area contributed by atoms with Crippen molar-refractivity contribution in [3.63, 3.8) is 0 Å². The molecule has 5 rings (SSSR count). The van der Waals surface area contributed by atoms with Gasteiger partial charge in [0.2, 0.25) is 0 Å². The molecule has 0 saturated carbocycles. The first kappa shape index (κ1) is 20.1. The van der Waals surface area contributed by atoms with Crippen LogP contribution in [-0.4, -0.2) is 48.4 Å². The molecule has 31 heavy (non-hydrogen) atoms. The standard InChI is InChI=1S/C25H24FN3OS/c1-17-5-6-18-3-2-4-22(25(18)27-17)29-13-11-28(12-14-29)10-9-23(30)21-16-31-24-8-7-19(26)15-20(21)24/h2-8,15-16H,9-14H2,1H3. The lowest BCUT2D eigenvalue weighted by Crippen LogP contribution is -2.47. The van der Waals surface area contributed by atoms with Gasteiger partial charge >= 0.3 is 0 Å². The quantitative estimate of drug-likeness (QED) is 0.401. The molecule has 1 aliphatic heterocycles. The predicted octanol–water partition coefficient (Wildman–Crippen LogP) is 5.29. The van der Waals surface area contributed by atoms with Gasteiger partial charge in [-0.3, -0.25) is 14.7 Å². The summed E-state index contributed by atoms with van der Waals surface area (Å²) in [7, 11) is 0. The zero-order chi connectivity index (χ0) is 21.4. The Kier molecular flexibility index (Phi) is 5.42. The van der Waals surface area contributed by atoms with Gasteiger partial charge in [-0.25, -0.2) is 4.39 Å². The minimum Gasteiger partial charge on any atom is -0.367 e. The van der Waals surface area contributed by atoms with Crippen molar-refractivity contribution in [2.75, 3.05) is 37.6 Å². The molecule has 3 heterocycles. The summed E-state index contributed by atoms with van der Waals surface area (Å²) in [5.41, 5.74) is 3.92. The van der Waals surface area contributed by atoms with Crippen molar-refractivity contribution in [1.82, 2.24) is 9.88 Å². The number of nitrogens with zero attached hydrogens (tertiary/aromatic N) is 3. The molecule has 1 fully saturated rings. The molecule has 0 amide bonds. The van der Waals surface area contributed by atoms with Crippen LogP contribution in [-0.2, 0) is 0 Å². The van der Waals surface area contributed by atoms with Gasteiger partial charge in [0.15, 0.2) is 5.78 Å². The molecule has 2 aromatic heterocycles. The first-order chi connectivity index (χ1) is 15.1. The number of para-hydroxylation sites is 1. The van der Waals surface area contributed by atoms with Crippen LogP contribution in [0.2, 0.25) is 0 Å². The molecule has 4 aromatic rings. The number of thiophene rings is 1. The van der Waals surface area contributed by atoms with Gasteiger partial charge in [-0.2, -0.15) is 0 Å². The van der Waals surface area contributed by atoms with E-state index in [1.807, 2.05) is 18.4 Å². The molecule has 0 bridgehead atoms. The normalized spacial score (nSPS) is 15.1. The number of anilines is 1. The summed E-state index contributed by atoms with van der Waals surface area (Å²) in [6, 6.07) is 15.2. The average molecular weight is 434 g/mol. The van der Waals surface area contributed by atoms with E-state index in [9.17, 15) is 9.18 Å². The molecular weight excluding hydrogens is 409 g/mol. The van der Waals surface area contributed by atoms with Gasteiger partial charge in [0.25, 0.3) is 0 Å². The Balaban J connectivity index is 1.22. The van der Waals surface area contributed by atoms with E-state index in [1.165, 1.54) is 29.2 Å². The second-order valence-electron chi connectivity index (χ2n) is 8.09. The number of ketones is 1. The van der Waals surface area contributed by atoms with Crippen molar-refractivity contribution in [3.8, 4) is 0 Å². The lowest BCUT2D eigenvalue weighted by atomic mass is 10.1. The predicted molar refractivity (Wildman–Crippen MR) is 126 cm³/mol. The molecule has 6 heteroatoms. The number of rotatable bonds is 5. The van der Waals surface area contributed by atoms with E-state index < -0.39 is 0 Å². The average Bonchev–Trinajstić information content (AvgIpc) is 3.20. The Bertz CT molecular complexity index is 1260. The van der Waals surface area contributed by atoms with Crippen molar-refractivity contribution in [2.24, 2.45) is 0 Å². The first-order valence-electron chi connectivity index (χ1n) is 10.6. The topological polar surface area (TPSA) is 36.4 Å². The highest BCUT2D eigenvalue weighted by molar-refractivity contribution is 7.17. The number of carbonyl (C=O) groups excluding carboxylic acids is 1. The van der Waals surface area contributed by atoms with Crippen LogP contribution in [0.25, 0.3) is 21.0 Å². The minimum atomic E-state index is -0.297. The number of fused-ring (bicyclic) bond motifs is 2. The van der Waals surface area contributed by atoms with Crippen LogP contribution in [0.4, 0.5) is 10.1 Å². The summed E-state index contributed by atoms with van der Waals surface area (Å²) in [6.07, 6.45) is 0.456. The largest absolute Gasteiger partial charge is 0.367 e. The Hall–Kier alpha value is -2.83. The van der Waals surface area contributed by atoms with Crippen molar-refractivity contribution < 1.29 is 9.18 Å². The van der Waals surface area contributed by atoms with E-state index >= 15 is 0 Å². The molecule has 0 unspecified atom stereocenters. The minimum absolute atomic E-state index is 0.0907. The Morgan fingerprint density at radius 2 is 1.94 bits per heavy atom. The van der Waals surface area contributed by atoms with Gasteiger partial charge in [-0.1, -0.05) is 18.2 Å². The number of Topliss-reactive ketones (excluding diaryl/α,β-unsaturated/α-hetero) is 1. The second-order valence-corrected chi connectivity index (χ2v) is 9.00. The van der Waals surface area contributed by atoms with E-state index in [1.54, 1.807) is 6.07 Å². The number of halogens is 1. The van der Waals surface area contributed by atoms with Gasteiger partial charge in [-0.15, -0.1) is 11.3 Å².